The van der Waals surface area contributed by atoms with Gasteiger partial charge < -0.3 is 18.8 Å². The van der Waals surface area contributed by atoms with E-state index in [9.17, 15) is 4.79 Å². The maximum absolute atomic E-state index is 12.5. The van der Waals surface area contributed by atoms with Crippen molar-refractivity contribution in [2.75, 3.05) is 32.8 Å². The number of rotatable bonds is 5. The fourth-order valence-electron chi connectivity index (χ4n) is 3.44. The average Bonchev–Trinajstić information content (AvgIpc) is 3.30. The Kier molecular flexibility index (Phi) is 4.26. The van der Waals surface area contributed by atoms with Gasteiger partial charge in [0.15, 0.2) is 17.3 Å². The molecule has 2 aliphatic rings. The van der Waals surface area contributed by atoms with Crippen molar-refractivity contribution in [3.05, 3.63) is 47.9 Å². The lowest BCUT2D eigenvalue weighted by Gasteiger charge is -2.19. The van der Waals surface area contributed by atoms with Crippen LogP contribution in [0.25, 0.3) is 0 Å². The van der Waals surface area contributed by atoms with Gasteiger partial charge in [-0.3, -0.25) is 4.79 Å². The number of nitrogens with zero attached hydrogens (tertiary/aromatic N) is 1. The van der Waals surface area contributed by atoms with Crippen LogP contribution in [0.5, 0.6) is 11.5 Å². The van der Waals surface area contributed by atoms with E-state index >= 15 is 0 Å². The van der Waals surface area contributed by atoms with E-state index in [4.69, 9.17) is 13.9 Å². The van der Waals surface area contributed by atoms with Gasteiger partial charge in [0.1, 0.15) is 13.2 Å². The zero-order valence-corrected chi connectivity index (χ0v) is 13.6. The van der Waals surface area contributed by atoms with Gasteiger partial charge in [-0.25, -0.2) is 0 Å². The molecular weight excluding hydrogens is 306 g/mol. The molecule has 1 aromatic heterocycles. The standard InChI is InChI=1S/C19H21NO4/c21-17(14-1-2-18-19(11-14)24-10-9-23-18)4-7-20-6-3-15(12-20)16-5-8-22-13-16/h1-2,5,8,11,13,15H,3-4,6-7,9-10,12H2. The van der Waals surface area contributed by atoms with Crippen molar-refractivity contribution in [3.63, 3.8) is 0 Å². The van der Waals surface area contributed by atoms with E-state index in [-0.39, 0.29) is 5.78 Å². The maximum atomic E-state index is 12.5. The second-order valence-electron chi connectivity index (χ2n) is 6.37. The van der Waals surface area contributed by atoms with E-state index in [0.29, 0.717) is 36.9 Å². The molecule has 0 N–H and O–H groups in total. The number of furan rings is 1. The van der Waals surface area contributed by atoms with Gasteiger partial charge in [0.25, 0.3) is 0 Å². The highest BCUT2D eigenvalue weighted by molar-refractivity contribution is 5.96. The van der Waals surface area contributed by atoms with E-state index < -0.39 is 0 Å². The minimum atomic E-state index is 0.152. The first kappa shape index (κ1) is 15.3. The third-order valence-corrected chi connectivity index (χ3v) is 4.81. The molecule has 4 rings (SSSR count). The number of hydrogen-bond acceptors (Lipinski definition) is 5. The molecule has 0 radical (unpaired) electrons. The van der Waals surface area contributed by atoms with Gasteiger partial charge in [-0.05, 0) is 42.8 Å². The molecule has 0 saturated carbocycles. The molecule has 5 nitrogen and oxygen atoms in total. The van der Waals surface area contributed by atoms with Gasteiger partial charge >= 0.3 is 0 Å². The highest BCUT2D eigenvalue weighted by Gasteiger charge is 2.25. The topological polar surface area (TPSA) is 51.9 Å². The molecule has 5 heteroatoms. The summed E-state index contributed by atoms with van der Waals surface area (Å²) in [5, 5.41) is 0. The Labute approximate surface area is 141 Å². The van der Waals surface area contributed by atoms with Crippen molar-refractivity contribution in [3.8, 4) is 11.5 Å². The number of likely N-dealkylation sites (tertiary alicyclic amines) is 1. The Bertz CT molecular complexity index is 710. The molecule has 0 bridgehead atoms. The SMILES string of the molecule is O=C(CCN1CCC(c2ccoc2)C1)c1ccc2c(c1)OCCO2. The summed E-state index contributed by atoms with van der Waals surface area (Å²) in [6, 6.07) is 7.49. The van der Waals surface area contributed by atoms with E-state index in [0.717, 1.165) is 31.8 Å². The summed E-state index contributed by atoms with van der Waals surface area (Å²) < 4.78 is 16.2. The van der Waals surface area contributed by atoms with Crippen molar-refractivity contribution >= 4 is 5.78 Å². The van der Waals surface area contributed by atoms with Gasteiger partial charge in [-0.1, -0.05) is 0 Å². The first-order chi connectivity index (χ1) is 11.8. The van der Waals surface area contributed by atoms with E-state index in [1.54, 1.807) is 12.3 Å². The van der Waals surface area contributed by atoms with Gasteiger partial charge in [0, 0.05) is 31.0 Å². The first-order valence-corrected chi connectivity index (χ1v) is 8.47. The van der Waals surface area contributed by atoms with Gasteiger partial charge in [0.05, 0.1) is 12.5 Å². The number of Topliss-reactive ketones (excluding diaryl/α,β-unsaturated/α-hetero) is 1. The second kappa shape index (κ2) is 6.69. The minimum Gasteiger partial charge on any atom is -0.486 e. The summed E-state index contributed by atoms with van der Waals surface area (Å²) in [6.07, 6.45) is 5.20. The lowest BCUT2D eigenvalue weighted by atomic mass is 10.0. The smallest absolute Gasteiger partial charge is 0.164 e. The first-order valence-electron chi connectivity index (χ1n) is 8.47. The zero-order valence-electron chi connectivity index (χ0n) is 13.6. The van der Waals surface area contributed by atoms with Crippen LogP contribution in [0.3, 0.4) is 0 Å². The molecule has 1 atom stereocenters. The maximum Gasteiger partial charge on any atom is 0.164 e. The Morgan fingerprint density at radius 2 is 2.04 bits per heavy atom. The third kappa shape index (κ3) is 3.17. The van der Waals surface area contributed by atoms with Crippen molar-refractivity contribution in [2.45, 2.75) is 18.8 Å². The van der Waals surface area contributed by atoms with Gasteiger partial charge in [-0.2, -0.15) is 0 Å². The van der Waals surface area contributed by atoms with Crippen LogP contribution >= 0.6 is 0 Å². The highest BCUT2D eigenvalue weighted by Crippen LogP contribution is 2.31. The summed E-state index contributed by atoms with van der Waals surface area (Å²) in [4.78, 5) is 14.8. The molecule has 2 aliphatic heterocycles. The van der Waals surface area contributed by atoms with Crippen LogP contribution in [-0.2, 0) is 0 Å². The number of carbonyl (C=O) groups is 1. The Morgan fingerprint density at radius 3 is 2.88 bits per heavy atom. The number of carbonyl (C=O) groups excluding carboxylic acids is 1. The minimum absolute atomic E-state index is 0.152. The lowest BCUT2D eigenvalue weighted by molar-refractivity contribution is 0.0967. The molecule has 3 heterocycles. The summed E-state index contributed by atoms with van der Waals surface area (Å²) in [6.45, 7) is 3.92. The predicted octanol–water partition coefficient (Wildman–Crippen LogP) is 3.11. The van der Waals surface area contributed by atoms with E-state index in [2.05, 4.69) is 4.90 Å². The van der Waals surface area contributed by atoms with Crippen LogP contribution in [0, 0.1) is 0 Å². The van der Waals surface area contributed by atoms with Gasteiger partial charge in [-0.15, -0.1) is 0 Å². The Morgan fingerprint density at radius 1 is 1.17 bits per heavy atom. The third-order valence-electron chi connectivity index (χ3n) is 4.81. The van der Waals surface area contributed by atoms with Gasteiger partial charge in [0.2, 0.25) is 0 Å². The van der Waals surface area contributed by atoms with Crippen LogP contribution in [0.2, 0.25) is 0 Å². The number of ketones is 1. The molecule has 24 heavy (non-hydrogen) atoms. The van der Waals surface area contributed by atoms with Crippen molar-refractivity contribution < 1.29 is 18.7 Å². The van der Waals surface area contributed by atoms with E-state index in [1.807, 2.05) is 24.5 Å². The molecule has 1 aromatic carbocycles. The van der Waals surface area contributed by atoms with Crippen LogP contribution < -0.4 is 9.47 Å². The molecule has 2 aromatic rings. The molecule has 126 valence electrons. The Hall–Kier alpha value is -2.27. The van der Waals surface area contributed by atoms with Crippen molar-refractivity contribution in [2.24, 2.45) is 0 Å². The molecule has 0 spiro atoms. The fourth-order valence-corrected chi connectivity index (χ4v) is 3.44. The number of hydrogen-bond donors (Lipinski definition) is 0. The molecule has 1 unspecified atom stereocenters. The monoisotopic (exact) mass is 327 g/mol. The second-order valence-corrected chi connectivity index (χ2v) is 6.37. The van der Waals surface area contributed by atoms with Crippen molar-refractivity contribution in [1.29, 1.82) is 0 Å². The zero-order chi connectivity index (χ0) is 16.4. The Balaban J connectivity index is 1.32. The van der Waals surface area contributed by atoms with E-state index in [1.165, 1.54) is 5.56 Å². The lowest BCUT2D eigenvalue weighted by Crippen LogP contribution is -2.23. The summed E-state index contributed by atoms with van der Waals surface area (Å²) in [5.41, 5.74) is 1.96. The van der Waals surface area contributed by atoms with Crippen LogP contribution in [0.15, 0.2) is 41.2 Å². The summed E-state index contributed by atoms with van der Waals surface area (Å²) >= 11 is 0. The average molecular weight is 327 g/mol. The quantitative estimate of drug-likeness (QED) is 0.790. The summed E-state index contributed by atoms with van der Waals surface area (Å²) in [7, 11) is 0. The molecule has 0 aliphatic carbocycles. The fraction of sp³-hybridized carbons (Fsp3) is 0.421. The normalized spacial score (nSPS) is 20.2. The van der Waals surface area contributed by atoms with Crippen LogP contribution in [0.4, 0.5) is 0 Å². The molecular formula is C19H21NO4. The van der Waals surface area contributed by atoms with Crippen molar-refractivity contribution in [1.82, 2.24) is 4.90 Å². The largest absolute Gasteiger partial charge is 0.486 e. The highest BCUT2D eigenvalue weighted by atomic mass is 16.6. The number of benzene rings is 1. The molecule has 1 saturated heterocycles. The number of ether oxygens (including phenoxy) is 2. The van der Waals surface area contributed by atoms with Crippen LogP contribution in [-0.4, -0.2) is 43.5 Å². The molecule has 0 amide bonds. The summed E-state index contributed by atoms with van der Waals surface area (Å²) in [5.74, 6) is 2.07. The predicted molar refractivity (Wildman–Crippen MR) is 88.9 cm³/mol. The molecule has 1 fully saturated rings. The van der Waals surface area contributed by atoms with Crippen LogP contribution in [0.1, 0.15) is 34.7 Å². The number of fused-ring (bicyclic) bond motifs is 1.